The highest BCUT2D eigenvalue weighted by Crippen LogP contribution is 2.37. The first-order valence-corrected chi connectivity index (χ1v) is 11.9. The molecule has 34 heavy (non-hydrogen) atoms. The molecule has 0 aliphatic heterocycles. The van der Waals surface area contributed by atoms with Gasteiger partial charge in [-0.1, -0.05) is 20.8 Å². The number of aliphatic hydroxyl groups is 1. The summed E-state index contributed by atoms with van der Waals surface area (Å²) < 4.78 is 51.2. The number of ether oxygens (including phenoxy) is 1. The molecule has 2 atom stereocenters. The van der Waals surface area contributed by atoms with Gasteiger partial charge in [0.2, 0.25) is 0 Å². The van der Waals surface area contributed by atoms with Crippen LogP contribution in [0.2, 0.25) is 5.02 Å². The summed E-state index contributed by atoms with van der Waals surface area (Å²) in [4.78, 5) is 16.7. The van der Waals surface area contributed by atoms with Gasteiger partial charge in [0.05, 0.1) is 16.3 Å². The molecule has 0 radical (unpaired) electrons. The Kier molecular flexibility index (Phi) is 8.43. The molecule has 1 unspecified atom stereocenters. The maximum Gasteiger partial charge on any atom is 0.350 e. The summed E-state index contributed by atoms with van der Waals surface area (Å²) in [7, 11) is 1.38. The van der Waals surface area contributed by atoms with Crippen LogP contribution in [0.25, 0.3) is 17.6 Å². The van der Waals surface area contributed by atoms with Gasteiger partial charge in [-0.3, -0.25) is 9.55 Å². The van der Waals surface area contributed by atoms with E-state index in [1.54, 1.807) is 6.92 Å². The predicted molar refractivity (Wildman–Crippen MR) is 135 cm³/mol. The van der Waals surface area contributed by atoms with Crippen molar-refractivity contribution in [3.05, 3.63) is 66.6 Å². The molecule has 2 heterocycles. The third-order valence-corrected chi connectivity index (χ3v) is 6.53. The largest absolute Gasteiger partial charge is 0.483 e. The number of benzene rings is 1. The molecule has 0 amide bonds. The first kappa shape index (κ1) is 26.7. The fourth-order valence-corrected chi connectivity index (χ4v) is 3.92. The summed E-state index contributed by atoms with van der Waals surface area (Å²) in [5, 5.41) is 13.9. The van der Waals surface area contributed by atoms with E-state index >= 15 is 4.39 Å². The zero-order valence-electron chi connectivity index (χ0n) is 18.0. The molecule has 3 rings (SSSR count). The molecule has 3 aromatic rings. The number of hydrogen-bond acceptors (Lipinski definition) is 5. The number of rotatable bonds is 8. The number of aromatic nitrogens is 4. The standard InChI is InChI=1S/C21H20ClF3IN4O3P/c1-3-29-19(10-31)28-30(20(29)32)17-8-18(33-11(2)21(24,25)34)13(7-16(17)26)15(23)6-12-9-27-5-4-14(12)22/h4-9,11,31H,3,10,34H2,1-2H3/b15-6-/t11-/m0/s1. The van der Waals surface area contributed by atoms with E-state index in [0.29, 0.717) is 3.57 Å². The number of hydrogen-bond donors (Lipinski definition) is 1. The molecule has 2 aromatic heterocycles. The molecule has 0 aliphatic rings. The van der Waals surface area contributed by atoms with Crippen molar-refractivity contribution in [3.8, 4) is 11.4 Å². The summed E-state index contributed by atoms with van der Waals surface area (Å²) in [5.41, 5.74) is -3.53. The molecular weight excluding hydrogens is 607 g/mol. The van der Waals surface area contributed by atoms with Crippen molar-refractivity contribution in [2.45, 2.75) is 38.8 Å². The summed E-state index contributed by atoms with van der Waals surface area (Å²) in [6, 6.07) is 4.10. The summed E-state index contributed by atoms with van der Waals surface area (Å²) in [5.74, 6) is -0.921. The van der Waals surface area contributed by atoms with E-state index < -0.39 is 29.9 Å². The lowest BCUT2D eigenvalue weighted by atomic mass is 10.1. The van der Waals surface area contributed by atoms with Crippen LogP contribution < -0.4 is 10.4 Å². The highest BCUT2D eigenvalue weighted by molar-refractivity contribution is 14.1. The molecule has 0 bridgehead atoms. The molecule has 0 saturated carbocycles. The van der Waals surface area contributed by atoms with Gasteiger partial charge >= 0.3 is 5.69 Å². The summed E-state index contributed by atoms with van der Waals surface area (Å²) >= 11 is 7.96. The van der Waals surface area contributed by atoms with Crippen molar-refractivity contribution < 1.29 is 23.0 Å². The van der Waals surface area contributed by atoms with Gasteiger partial charge in [0.15, 0.2) is 11.9 Å². The highest BCUT2D eigenvalue weighted by atomic mass is 127. The van der Waals surface area contributed by atoms with Gasteiger partial charge in [-0.05, 0) is 54.6 Å². The van der Waals surface area contributed by atoms with Gasteiger partial charge in [-0.2, -0.15) is 13.5 Å². The lowest BCUT2D eigenvalue weighted by molar-refractivity contribution is -0.00990. The molecule has 0 saturated heterocycles. The van der Waals surface area contributed by atoms with Crippen LogP contribution >= 0.6 is 43.4 Å². The Morgan fingerprint density at radius 3 is 2.71 bits per heavy atom. The van der Waals surface area contributed by atoms with Crippen LogP contribution in [-0.4, -0.2) is 36.2 Å². The van der Waals surface area contributed by atoms with Gasteiger partial charge in [0, 0.05) is 34.1 Å². The number of nitrogens with zero attached hydrogens (tertiary/aromatic N) is 4. The fraction of sp³-hybridized carbons (Fsp3) is 0.286. The normalized spacial score (nSPS) is 13.3. The van der Waals surface area contributed by atoms with Gasteiger partial charge in [-0.15, -0.1) is 5.10 Å². The second-order valence-electron chi connectivity index (χ2n) is 7.14. The van der Waals surface area contributed by atoms with Crippen LogP contribution in [0.5, 0.6) is 5.75 Å². The maximum absolute atomic E-state index is 15.4. The van der Waals surface area contributed by atoms with Gasteiger partial charge in [-0.25, -0.2) is 9.18 Å². The second kappa shape index (κ2) is 10.8. The monoisotopic (exact) mass is 626 g/mol. The van der Waals surface area contributed by atoms with Gasteiger partial charge < -0.3 is 9.84 Å². The Morgan fingerprint density at radius 2 is 2.15 bits per heavy atom. The molecule has 182 valence electrons. The third-order valence-electron chi connectivity index (χ3n) is 4.86. The van der Waals surface area contributed by atoms with E-state index in [0.717, 1.165) is 17.7 Å². The topological polar surface area (TPSA) is 82.2 Å². The van der Waals surface area contributed by atoms with Crippen molar-refractivity contribution in [2.24, 2.45) is 0 Å². The molecule has 1 N–H and O–H groups in total. The number of pyridine rings is 1. The van der Waals surface area contributed by atoms with Crippen molar-refractivity contribution in [1.82, 2.24) is 19.3 Å². The second-order valence-corrected chi connectivity index (χ2v) is 9.48. The van der Waals surface area contributed by atoms with Crippen LogP contribution in [0.3, 0.4) is 0 Å². The van der Waals surface area contributed by atoms with Crippen molar-refractivity contribution in [2.75, 3.05) is 0 Å². The van der Waals surface area contributed by atoms with Gasteiger partial charge in [0.25, 0.3) is 5.66 Å². The first-order valence-electron chi connectivity index (χ1n) is 9.91. The molecular formula is C21H20ClF3IN4O3P. The Bertz CT molecular complexity index is 1290. The molecule has 1 aromatic carbocycles. The molecule has 0 aliphatic carbocycles. The molecule has 7 nitrogen and oxygen atoms in total. The van der Waals surface area contributed by atoms with Crippen LogP contribution in [0.1, 0.15) is 30.8 Å². The van der Waals surface area contributed by atoms with Gasteiger partial charge in [0.1, 0.15) is 18.2 Å². The van der Waals surface area contributed by atoms with Crippen molar-refractivity contribution in [3.63, 3.8) is 0 Å². The zero-order valence-corrected chi connectivity index (χ0v) is 22.0. The number of aliphatic hydroxyl groups excluding tert-OH is 1. The SMILES string of the molecule is CCn1c(CO)nn(-c2cc(O[C@@H](C)C(F)(F)P)c(/C(F)=C/c3cnccc3Cl)cc2I)c1=O. The minimum absolute atomic E-state index is 0.122. The minimum atomic E-state index is -3.31. The number of alkyl halides is 2. The van der Waals surface area contributed by atoms with Crippen LogP contribution in [-0.2, 0) is 13.2 Å². The Balaban J connectivity index is 2.21. The quantitative estimate of drug-likeness (QED) is 0.284. The van der Waals surface area contributed by atoms with E-state index in [-0.39, 0.29) is 40.0 Å². The van der Waals surface area contributed by atoms with E-state index in [1.165, 1.54) is 44.4 Å². The molecule has 0 spiro atoms. The molecule has 0 fully saturated rings. The third kappa shape index (κ3) is 5.64. The van der Waals surface area contributed by atoms with E-state index in [1.807, 2.05) is 22.6 Å². The Morgan fingerprint density at radius 1 is 1.44 bits per heavy atom. The highest BCUT2D eigenvalue weighted by Gasteiger charge is 2.33. The first-order chi connectivity index (χ1) is 16.0. The van der Waals surface area contributed by atoms with Crippen LogP contribution in [0.15, 0.2) is 35.4 Å². The predicted octanol–water partition coefficient (Wildman–Crippen LogP) is 4.90. The lowest BCUT2D eigenvalue weighted by Crippen LogP contribution is -2.30. The van der Waals surface area contributed by atoms with Crippen molar-refractivity contribution in [1.29, 1.82) is 0 Å². The Labute approximate surface area is 213 Å². The average molecular weight is 627 g/mol. The van der Waals surface area contributed by atoms with E-state index in [9.17, 15) is 18.7 Å². The number of halogens is 5. The van der Waals surface area contributed by atoms with Crippen molar-refractivity contribution >= 4 is 55.3 Å². The summed E-state index contributed by atoms with van der Waals surface area (Å²) in [6.45, 7) is 2.62. The zero-order chi connectivity index (χ0) is 25.2. The van der Waals surface area contributed by atoms with Crippen LogP contribution in [0, 0.1) is 3.57 Å². The molecule has 13 heteroatoms. The Hall–Kier alpha value is -1.95. The maximum atomic E-state index is 15.4. The lowest BCUT2D eigenvalue weighted by Gasteiger charge is -2.23. The van der Waals surface area contributed by atoms with Crippen LogP contribution in [0.4, 0.5) is 13.2 Å². The smallest absolute Gasteiger partial charge is 0.350 e. The minimum Gasteiger partial charge on any atom is -0.483 e. The van der Waals surface area contributed by atoms with E-state index in [4.69, 9.17) is 16.3 Å². The van der Waals surface area contributed by atoms with E-state index in [2.05, 4.69) is 10.1 Å². The summed E-state index contributed by atoms with van der Waals surface area (Å²) in [6.07, 6.45) is 2.27. The average Bonchev–Trinajstić information content (AvgIpc) is 3.10. The fourth-order valence-electron chi connectivity index (χ4n) is 3.00.